The van der Waals surface area contributed by atoms with Gasteiger partial charge < -0.3 is 0 Å². The van der Waals surface area contributed by atoms with E-state index >= 15 is 0 Å². The van der Waals surface area contributed by atoms with E-state index in [9.17, 15) is 0 Å². The highest BCUT2D eigenvalue weighted by atomic mass is 32.2. The third-order valence-electron chi connectivity index (χ3n) is 2.42. The summed E-state index contributed by atoms with van der Waals surface area (Å²) in [7, 11) is 0. The van der Waals surface area contributed by atoms with Gasteiger partial charge in [-0.25, -0.2) is 0 Å². The summed E-state index contributed by atoms with van der Waals surface area (Å²) in [4.78, 5) is 1.28. The van der Waals surface area contributed by atoms with Gasteiger partial charge in [0.1, 0.15) is 0 Å². The minimum atomic E-state index is 0.0121. The van der Waals surface area contributed by atoms with Crippen LogP contribution in [0.5, 0.6) is 0 Å². The third kappa shape index (κ3) is 3.57. The van der Waals surface area contributed by atoms with Gasteiger partial charge in [-0.15, -0.1) is 11.8 Å². The van der Waals surface area contributed by atoms with E-state index in [0.717, 1.165) is 5.56 Å². The third-order valence-corrected chi connectivity index (χ3v) is 3.43. The molecule has 0 radical (unpaired) electrons. The van der Waals surface area contributed by atoms with Crippen LogP contribution in [-0.4, -0.2) is 5.25 Å². The van der Waals surface area contributed by atoms with E-state index in [1.54, 1.807) is 0 Å². The predicted octanol–water partition coefficient (Wildman–Crippen LogP) is 4.45. The van der Waals surface area contributed by atoms with E-state index in [0.29, 0.717) is 11.2 Å². The lowest BCUT2D eigenvalue weighted by Crippen LogP contribution is -2.03. The van der Waals surface area contributed by atoms with E-state index in [1.165, 1.54) is 4.90 Å². The Morgan fingerprint density at radius 3 is 2.00 bits per heavy atom. The van der Waals surface area contributed by atoms with Gasteiger partial charge in [0.15, 0.2) is 0 Å². The Morgan fingerprint density at radius 2 is 1.62 bits per heavy atom. The Kier molecular flexibility index (Phi) is 4.89. The van der Waals surface area contributed by atoms with Crippen molar-refractivity contribution in [1.82, 2.24) is 0 Å². The summed E-state index contributed by atoms with van der Waals surface area (Å²) < 4.78 is 0. The molecule has 0 fully saturated rings. The SMILES string of the molecule is CC(C)Sc1ccc(C(C#N)C(C)C)cc1. The molecule has 1 aromatic rings. The summed E-state index contributed by atoms with van der Waals surface area (Å²) in [6.07, 6.45) is 0. The van der Waals surface area contributed by atoms with Crippen LogP contribution in [0.4, 0.5) is 0 Å². The first kappa shape index (κ1) is 13.1. The Labute approximate surface area is 103 Å². The van der Waals surface area contributed by atoms with Gasteiger partial charge in [0.25, 0.3) is 0 Å². The summed E-state index contributed by atoms with van der Waals surface area (Å²) in [5, 5.41) is 9.71. The molecule has 0 bridgehead atoms. The standard InChI is InChI=1S/C14H19NS/c1-10(2)14(9-15)12-5-7-13(8-6-12)16-11(3)4/h5-8,10-11,14H,1-4H3. The van der Waals surface area contributed by atoms with Crippen LogP contribution in [0.2, 0.25) is 0 Å². The van der Waals surface area contributed by atoms with Crippen LogP contribution >= 0.6 is 11.8 Å². The van der Waals surface area contributed by atoms with E-state index in [2.05, 4.69) is 58.0 Å². The molecular weight excluding hydrogens is 214 g/mol. The maximum absolute atomic E-state index is 9.11. The Bertz CT molecular complexity index is 359. The number of rotatable bonds is 4. The van der Waals surface area contributed by atoms with E-state index in [4.69, 9.17) is 5.26 Å². The van der Waals surface area contributed by atoms with E-state index in [-0.39, 0.29) is 5.92 Å². The summed E-state index contributed by atoms with van der Waals surface area (Å²) >= 11 is 1.85. The lowest BCUT2D eigenvalue weighted by atomic mass is 9.90. The maximum atomic E-state index is 9.11. The van der Waals surface area contributed by atoms with Crippen molar-refractivity contribution >= 4 is 11.8 Å². The predicted molar refractivity (Wildman–Crippen MR) is 70.6 cm³/mol. The van der Waals surface area contributed by atoms with Crippen LogP contribution in [0.25, 0.3) is 0 Å². The summed E-state index contributed by atoms with van der Waals surface area (Å²) in [6, 6.07) is 10.8. The van der Waals surface area contributed by atoms with Crippen LogP contribution < -0.4 is 0 Å². The second kappa shape index (κ2) is 5.96. The molecule has 0 aliphatic carbocycles. The molecule has 0 aromatic heterocycles. The molecule has 0 N–H and O–H groups in total. The molecule has 0 saturated heterocycles. The number of nitrogens with zero attached hydrogens (tertiary/aromatic N) is 1. The fourth-order valence-corrected chi connectivity index (χ4v) is 2.47. The minimum Gasteiger partial charge on any atom is -0.198 e. The number of hydrogen-bond acceptors (Lipinski definition) is 2. The molecule has 1 atom stereocenters. The normalized spacial score (nSPS) is 12.8. The zero-order valence-electron chi connectivity index (χ0n) is 10.4. The van der Waals surface area contributed by atoms with E-state index in [1.807, 2.05) is 11.8 Å². The number of benzene rings is 1. The summed E-state index contributed by atoms with van der Waals surface area (Å²) in [6.45, 7) is 8.55. The topological polar surface area (TPSA) is 23.8 Å². The molecule has 1 aromatic carbocycles. The molecule has 0 saturated carbocycles. The second-order valence-corrected chi connectivity index (χ2v) is 6.24. The van der Waals surface area contributed by atoms with Crippen LogP contribution in [0.3, 0.4) is 0 Å². The number of nitriles is 1. The van der Waals surface area contributed by atoms with Crippen molar-refractivity contribution in [2.75, 3.05) is 0 Å². The number of thioether (sulfide) groups is 1. The van der Waals surface area contributed by atoms with Crippen LogP contribution in [0.15, 0.2) is 29.2 Å². The van der Waals surface area contributed by atoms with Gasteiger partial charge in [-0.1, -0.05) is 39.8 Å². The van der Waals surface area contributed by atoms with Crippen molar-refractivity contribution in [3.63, 3.8) is 0 Å². The molecular formula is C14H19NS. The first-order valence-corrected chi connectivity index (χ1v) is 6.58. The fourth-order valence-electron chi connectivity index (χ4n) is 1.63. The lowest BCUT2D eigenvalue weighted by Gasteiger charge is -2.13. The number of hydrogen-bond donors (Lipinski definition) is 0. The zero-order valence-corrected chi connectivity index (χ0v) is 11.2. The molecule has 1 nitrogen and oxygen atoms in total. The molecule has 0 amide bonds. The van der Waals surface area contributed by atoms with Crippen molar-refractivity contribution in [3.8, 4) is 6.07 Å². The molecule has 1 unspecified atom stereocenters. The monoisotopic (exact) mass is 233 g/mol. The van der Waals surface area contributed by atoms with Crippen LogP contribution in [0.1, 0.15) is 39.2 Å². The molecule has 0 heterocycles. The van der Waals surface area contributed by atoms with Gasteiger partial charge in [-0.3, -0.25) is 0 Å². The Hall–Kier alpha value is -0.940. The second-order valence-electron chi connectivity index (χ2n) is 4.59. The van der Waals surface area contributed by atoms with Crippen molar-refractivity contribution in [3.05, 3.63) is 29.8 Å². The summed E-state index contributed by atoms with van der Waals surface area (Å²) in [5.41, 5.74) is 1.13. The van der Waals surface area contributed by atoms with Gasteiger partial charge >= 0.3 is 0 Å². The quantitative estimate of drug-likeness (QED) is 0.717. The molecule has 0 aliphatic heterocycles. The minimum absolute atomic E-state index is 0.0121. The molecule has 1 rings (SSSR count). The average Bonchev–Trinajstić information content (AvgIpc) is 2.20. The van der Waals surface area contributed by atoms with Gasteiger partial charge in [0.05, 0.1) is 12.0 Å². The van der Waals surface area contributed by atoms with Gasteiger partial charge in [0.2, 0.25) is 0 Å². The highest BCUT2D eigenvalue weighted by Crippen LogP contribution is 2.27. The Morgan fingerprint density at radius 1 is 1.06 bits per heavy atom. The lowest BCUT2D eigenvalue weighted by molar-refractivity contribution is 0.587. The van der Waals surface area contributed by atoms with Gasteiger partial charge in [0, 0.05) is 10.1 Å². The molecule has 0 aliphatic rings. The van der Waals surface area contributed by atoms with E-state index < -0.39 is 0 Å². The van der Waals surface area contributed by atoms with Crippen LogP contribution in [-0.2, 0) is 0 Å². The van der Waals surface area contributed by atoms with Crippen molar-refractivity contribution in [1.29, 1.82) is 5.26 Å². The smallest absolute Gasteiger partial charge is 0.0735 e. The van der Waals surface area contributed by atoms with Gasteiger partial charge in [-0.05, 0) is 23.6 Å². The van der Waals surface area contributed by atoms with Crippen LogP contribution in [0, 0.1) is 17.2 Å². The first-order valence-electron chi connectivity index (χ1n) is 5.70. The van der Waals surface area contributed by atoms with Crippen molar-refractivity contribution in [2.24, 2.45) is 5.92 Å². The highest BCUT2D eigenvalue weighted by molar-refractivity contribution is 7.99. The zero-order chi connectivity index (χ0) is 12.1. The summed E-state index contributed by atoms with van der Waals surface area (Å²) in [5.74, 6) is 0.381. The largest absolute Gasteiger partial charge is 0.198 e. The van der Waals surface area contributed by atoms with Crippen molar-refractivity contribution in [2.45, 2.75) is 43.8 Å². The Balaban J connectivity index is 2.82. The molecule has 2 heteroatoms. The highest BCUT2D eigenvalue weighted by Gasteiger charge is 2.14. The molecule has 16 heavy (non-hydrogen) atoms. The molecule has 86 valence electrons. The fraction of sp³-hybridized carbons (Fsp3) is 0.500. The molecule has 0 spiro atoms. The average molecular weight is 233 g/mol. The maximum Gasteiger partial charge on any atom is 0.0735 e. The van der Waals surface area contributed by atoms with Gasteiger partial charge in [-0.2, -0.15) is 5.26 Å². The van der Waals surface area contributed by atoms with Crippen molar-refractivity contribution < 1.29 is 0 Å². The first-order chi connectivity index (χ1) is 7.54.